The highest BCUT2D eigenvalue weighted by Crippen LogP contribution is 2.31. The van der Waals surface area contributed by atoms with Gasteiger partial charge in [0, 0.05) is 10.8 Å². The molecule has 6 nitrogen and oxygen atoms in total. The summed E-state index contributed by atoms with van der Waals surface area (Å²) in [5.41, 5.74) is 2.04. The number of benzene rings is 2. The van der Waals surface area contributed by atoms with Gasteiger partial charge in [-0.25, -0.2) is 9.78 Å². The molecular weight excluding hydrogens is 400 g/mol. The molecule has 4 aromatic rings. The molecule has 7 heteroatoms. The molecule has 0 N–H and O–H groups in total. The smallest absolute Gasteiger partial charge is 0.345 e. The average Bonchev–Trinajstić information content (AvgIpc) is 3.26. The number of aromatic nitrogens is 1. The summed E-state index contributed by atoms with van der Waals surface area (Å²) in [5.74, 6) is 1.17. The van der Waals surface area contributed by atoms with E-state index in [0.29, 0.717) is 38.9 Å². The van der Waals surface area contributed by atoms with Crippen molar-refractivity contribution in [2.24, 2.45) is 0 Å². The van der Waals surface area contributed by atoms with Crippen molar-refractivity contribution in [3.8, 4) is 28.8 Å². The van der Waals surface area contributed by atoms with E-state index in [1.54, 1.807) is 49.9 Å². The minimum absolute atomic E-state index is 0.361. The SMILES string of the molecule is COc1ccc(/C=C(/C#N)c2nc(-c3cc4ccccc4oc3=O)cs2)cc1OC. The molecule has 0 saturated carbocycles. The molecule has 0 aliphatic rings. The van der Waals surface area contributed by atoms with E-state index in [9.17, 15) is 10.1 Å². The lowest BCUT2D eigenvalue weighted by Gasteiger charge is -2.07. The van der Waals surface area contributed by atoms with Crippen molar-refractivity contribution in [3.05, 3.63) is 74.9 Å². The van der Waals surface area contributed by atoms with Crippen LogP contribution in [0.3, 0.4) is 0 Å². The number of hydrogen-bond donors (Lipinski definition) is 0. The summed E-state index contributed by atoms with van der Waals surface area (Å²) >= 11 is 1.29. The summed E-state index contributed by atoms with van der Waals surface area (Å²) in [5, 5.41) is 12.7. The van der Waals surface area contributed by atoms with Gasteiger partial charge in [0.15, 0.2) is 11.5 Å². The highest BCUT2D eigenvalue weighted by atomic mass is 32.1. The van der Waals surface area contributed by atoms with E-state index in [2.05, 4.69) is 11.1 Å². The molecule has 0 amide bonds. The van der Waals surface area contributed by atoms with Gasteiger partial charge in [0.25, 0.3) is 0 Å². The van der Waals surface area contributed by atoms with Gasteiger partial charge in [-0.2, -0.15) is 5.26 Å². The summed E-state index contributed by atoms with van der Waals surface area (Å²) in [6, 6.07) is 16.6. The molecule has 0 aliphatic heterocycles. The first-order valence-corrected chi connectivity index (χ1v) is 9.84. The summed E-state index contributed by atoms with van der Waals surface area (Å²) in [6.45, 7) is 0. The second-order valence-corrected chi connectivity index (χ2v) is 7.17. The second kappa shape index (κ2) is 8.23. The van der Waals surface area contributed by atoms with Crippen LogP contribution in [0.2, 0.25) is 0 Å². The van der Waals surface area contributed by atoms with Gasteiger partial charge in [0.1, 0.15) is 16.7 Å². The first-order valence-electron chi connectivity index (χ1n) is 8.96. The lowest BCUT2D eigenvalue weighted by atomic mass is 10.1. The Bertz CT molecular complexity index is 1360. The largest absolute Gasteiger partial charge is 0.493 e. The van der Waals surface area contributed by atoms with Crippen LogP contribution >= 0.6 is 11.3 Å². The van der Waals surface area contributed by atoms with Crippen molar-refractivity contribution in [1.82, 2.24) is 4.98 Å². The monoisotopic (exact) mass is 416 g/mol. The molecule has 148 valence electrons. The molecule has 2 heterocycles. The number of para-hydroxylation sites is 1. The fourth-order valence-electron chi connectivity index (χ4n) is 3.01. The molecule has 0 atom stereocenters. The topological polar surface area (TPSA) is 85.4 Å². The van der Waals surface area contributed by atoms with Crippen molar-refractivity contribution < 1.29 is 13.9 Å². The maximum Gasteiger partial charge on any atom is 0.345 e. The van der Waals surface area contributed by atoms with E-state index in [0.717, 1.165) is 10.9 Å². The first-order chi connectivity index (χ1) is 14.6. The quantitative estimate of drug-likeness (QED) is 0.336. The molecule has 0 saturated heterocycles. The Morgan fingerprint density at radius 3 is 2.70 bits per heavy atom. The number of allylic oxidation sites excluding steroid dienone is 1. The van der Waals surface area contributed by atoms with E-state index in [1.165, 1.54) is 11.3 Å². The standard InChI is InChI=1S/C23H16N2O4S/c1-27-20-8-7-14(10-21(20)28-2)9-16(12-24)22-25-18(13-30-22)17-11-15-5-3-4-6-19(15)29-23(17)26/h3-11,13H,1-2H3/b16-9-. The Balaban J connectivity index is 1.72. The highest BCUT2D eigenvalue weighted by Gasteiger charge is 2.14. The average molecular weight is 416 g/mol. The molecule has 0 spiro atoms. The van der Waals surface area contributed by atoms with Crippen molar-refractivity contribution in [2.45, 2.75) is 0 Å². The maximum atomic E-state index is 12.4. The van der Waals surface area contributed by atoms with Gasteiger partial charge < -0.3 is 13.9 Å². The third-order valence-corrected chi connectivity index (χ3v) is 5.37. The normalized spacial score (nSPS) is 11.3. The Labute approximate surface area is 176 Å². The number of methoxy groups -OCH3 is 2. The zero-order valence-electron chi connectivity index (χ0n) is 16.2. The van der Waals surface area contributed by atoms with Crippen LogP contribution in [0.25, 0.3) is 33.9 Å². The van der Waals surface area contributed by atoms with Gasteiger partial charge in [-0.15, -0.1) is 11.3 Å². The van der Waals surface area contributed by atoms with Crippen molar-refractivity contribution >= 4 is 34.0 Å². The number of nitrogens with zero attached hydrogens (tertiary/aromatic N) is 2. The van der Waals surface area contributed by atoms with Crippen LogP contribution in [0.4, 0.5) is 0 Å². The van der Waals surface area contributed by atoms with Crippen molar-refractivity contribution in [2.75, 3.05) is 14.2 Å². The van der Waals surface area contributed by atoms with Gasteiger partial charge in [-0.05, 0) is 35.9 Å². The Morgan fingerprint density at radius 2 is 1.93 bits per heavy atom. The van der Waals surface area contributed by atoms with Crippen LogP contribution in [0, 0.1) is 11.3 Å². The minimum atomic E-state index is -0.465. The predicted octanol–water partition coefficient (Wildman–Crippen LogP) is 5.00. The van der Waals surface area contributed by atoms with Crippen molar-refractivity contribution in [3.63, 3.8) is 0 Å². The summed E-state index contributed by atoms with van der Waals surface area (Å²) in [4.78, 5) is 16.9. The molecule has 0 bridgehead atoms. The lowest BCUT2D eigenvalue weighted by Crippen LogP contribution is -2.02. The zero-order valence-corrected chi connectivity index (χ0v) is 17.0. The molecule has 0 radical (unpaired) electrons. The van der Waals surface area contributed by atoms with Crippen LogP contribution < -0.4 is 15.1 Å². The Morgan fingerprint density at radius 1 is 1.13 bits per heavy atom. The van der Waals surface area contributed by atoms with Crippen LogP contribution in [-0.4, -0.2) is 19.2 Å². The van der Waals surface area contributed by atoms with Crippen LogP contribution in [-0.2, 0) is 0 Å². The van der Waals surface area contributed by atoms with E-state index in [1.807, 2.05) is 24.3 Å². The van der Waals surface area contributed by atoms with E-state index >= 15 is 0 Å². The first kappa shape index (κ1) is 19.4. The van der Waals surface area contributed by atoms with E-state index < -0.39 is 5.63 Å². The summed E-state index contributed by atoms with van der Waals surface area (Å²) in [7, 11) is 3.12. The third kappa shape index (κ3) is 3.69. The van der Waals surface area contributed by atoms with E-state index in [-0.39, 0.29) is 0 Å². The fourth-order valence-corrected chi connectivity index (χ4v) is 3.80. The Kier molecular flexibility index (Phi) is 5.33. The van der Waals surface area contributed by atoms with E-state index in [4.69, 9.17) is 13.9 Å². The predicted molar refractivity (Wildman–Crippen MR) is 117 cm³/mol. The molecule has 4 rings (SSSR count). The summed E-state index contributed by atoms with van der Waals surface area (Å²) < 4.78 is 15.9. The van der Waals surface area contributed by atoms with Gasteiger partial charge in [0.05, 0.1) is 31.1 Å². The number of fused-ring (bicyclic) bond motifs is 1. The maximum absolute atomic E-state index is 12.4. The van der Waals surface area contributed by atoms with Gasteiger partial charge in [-0.3, -0.25) is 0 Å². The zero-order chi connectivity index (χ0) is 21.1. The molecule has 0 unspecified atom stereocenters. The number of thiazole rings is 1. The second-order valence-electron chi connectivity index (χ2n) is 6.31. The number of rotatable bonds is 5. The van der Waals surface area contributed by atoms with Crippen LogP contribution in [0.1, 0.15) is 10.6 Å². The van der Waals surface area contributed by atoms with Gasteiger partial charge in [0.2, 0.25) is 0 Å². The number of ether oxygens (including phenoxy) is 2. The lowest BCUT2D eigenvalue weighted by molar-refractivity contribution is 0.355. The Hall–Kier alpha value is -3.89. The number of nitriles is 1. The number of hydrogen-bond acceptors (Lipinski definition) is 7. The molecular formula is C23H16N2O4S. The molecule has 0 fully saturated rings. The molecule has 30 heavy (non-hydrogen) atoms. The molecule has 0 aliphatic carbocycles. The van der Waals surface area contributed by atoms with Crippen LogP contribution in [0.5, 0.6) is 11.5 Å². The molecule has 2 aromatic heterocycles. The van der Waals surface area contributed by atoms with Gasteiger partial charge in [-0.1, -0.05) is 24.3 Å². The van der Waals surface area contributed by atoms with Crippen LogP contribution in [0.15, 0.2) is 63.1 Å². The van der Waals surface area contributed by atoms with Crippen molar-refractivity contribution in [1.29, 1.82) is 5.26 Å². The minimum Gasteiger partial charge on any atom is -0.493 e. The summed E-state index contributed by atoms with van der Waals surface area (Å²) in [6.07, 6.45) is 1.72. The van der Waals surface area contributed by atoms with Gasteiger partial charge >= 0.3 is 5.63 Å². The fraction of sp³-hybridized carbons (Fsp3) is 0.0870. The molecule has 2 aromatic carbocycles. The third-order valence-electron chi connectivity index (χ3n) is 4.49. The highest BCUT2D eigenvalue weighted by molar-refractivity contribution is 7.11.